The number of nitrogens with one attached hydrogen (secondary N) is 1. The number of hydrogen-bond donors (Lipinski definition) is 1. The number of amides is 1. The highest BCUT2D eigenvalue weighted by Crippen LogP contribution is 2.27. The van der Waals surface area contributed by atoms with Gasteiger partial charge in [-0.15, -0.1) is 0 Å². The molecule has 1 aromatic carbocycles. The second-order valence-electron chi connectivity index (χ2n) is 5.88. The van der Waals surface area contributed by atoms with Crippen molar-refractivity contribution in [2.45, 2.75) is 33.1 Å². The van der Waals surface area contributed by atoms with Crippen LogP contribution in [-0.2, 0) is 0 Å². The zero-order valence-electron chi connectivity index (χ0n) is 12.7. The summed E-state index contributed by atoms with van der Waals surface area (Å²) in [7, 11) is 0. The molecule has 2 aromatic rings. The van der Waals surface area contributed by atoms with E-state index in [1.54, 1.807) is 0 Å². The number of hydrogen-bond acceptors (Lipinski definition) is 3. The lowest BCUT2D eigenvalue weighted by molar-refractivity contribution is 0.0789. The zero-order valence-corrected chi connectivity index (χ0v) is 12.7. The number of carbonyl (C=O) groups excluding carboxylic acids is 1. The van der Waals surface area contributed by atoms with Crippen LogP contribution in [0.5, 0.6) is 0 Å². The molecule has 1 saturated heterocycles. The fraction of sp³-hybridized carbons (Fsp3) is 0.438. The number of aromatic nitrogens is 3. The van der Waals surface area contributed by atoms with Gasteiger partial charge in [0.1, 0.15) is 12.2 Å². The second-order valence-corrected chi connectivity index (χ2v) is 5.88. The summed E-state index contributed by atoms with van der Waals surface area (Å²) in [6, 6.07) is 4.15. The average Bonchev–Trinajstić information content (AvgIpc) is 3.08. The van der Waals surface area contributed by atoms with E-state index in [9.17, 15) is 4.79 Å². The van der Waals surface area contributed by atoms with Crippen LogP contribution < -0.4 is 0 Å². The van der Waals surface area contributed by atoms with Gasteiger partial charge in [0.15, 0.2) is 0 Å². The summed E-state index contributed by atoms with van der Waals surface area (Å²) in [5.41, 5.74) is 4.16. The maximum Gasteiger partial charge on any atom is 0.254 e. The third-order valence-electron chi connectivity index (χ3n) is 4.19. The molecule has 1 N–H and O–H groups in total. The minimum absolute atomic E-state index is 0.131. The van der Waals surface area contributed by atoms with Gasteiger partial charge in [0.05, 0.1) is 0 Å². The highest BCUT2D eigenvalue weighted by Gasteiger charge is 2.30. The monoisotopic (exact) mass is 284 g/mol. The standard InChI is InChI=1S/C16H20N4O/c1-10-6-11(2)14(12(3)7-10)16(21)20-5-4-13(8-20)15-17-9-18-19-15/h6-7,9,13H,4-5,8H2,1-3H3,(H,17,18,19). The number of H-pyrrole nitrogens is 1. The Bertz CT molecular complexity index is 640. The number of nitrogens with zero attached hydrogens (tertiary/aromatic N) is 3. The van der Waals surface area contributed by atoms with E-state index in [0.717, 1.165) is 35.5 Å². The number of aryl methyl sites for hydroxylation is 3. The van der Waals surface area contributed by atoms with E-state index in [2.05, 4.69) is 34.2 Å². The van der Waals surface area contributed by atoms with E-state index in [4.69, 9.17) is 0 Å². The highest BCUT2D eigenvalue weighted by atomic mass is 16.2. The maximum atomic E-state index is 12.8. The van der Waals surface area contributed by atoms with Gasteiger partial charge in [-0.2, -0.15) is 5.10 Å². The molecule has 1 aliphatic heterocycles. The Hall–Kier alpha value is -2.17. The maximum absolute atomic E-state index is 12.8. The zero-order chi connectivity index (χ0) is 15.0. The molecule has 1 atom stereocenters. The molecule has 1 fully saturated rings. The number of rotatable bonds is 2. The molecule has 0 aliphatic carbocycles. The smallest absolute Gasteiger partial charge is 0.254 e. The van der Waals surface area contributed by atoms with Crippen LogP contribution in [0.25, 0.3) is 0 Å². The first-order chi connectivity index (χ1) is 10.1. The van der Waals surface area contributed by atoms with Crippen molar-refractivity contribution in [2.75, 3.05) is 13.1 Å². The summed E-state index contributed by atoms with van der Waals surface area (Å²) in [6.07, 6.45) is 2.46. The molecule has 1 aromatic heterocycles. The summed E-state index contributed by atoms with van der Waals surface area (Å²) < 4.78 is 0. The van der Waals surface area contributed by atoms with Crippen molar-refractivity contribution in [2.24, 2.45) is 0 Å². The van der Waals surface area contributed by atoms with Crippen molar-refractivity contribution in [1.29, 1.82) is 0 Å². The fourth-order valence-electron chi connectivity index (χ4n) is 3.26. The normalized spacial score (nSPS) is 18.2. The van der Waals surface area contributed by atoms with Crippen molar-refractivity contribution < 1.29 is 4.79 Å². The third-order valence-corrected chi connectivity index (χ3v) is 4.19. The van der Waals surface area contributed by atoms with Gasteiger partial charge in [-0.3, -0.25) is 9.89 Å². The molecule has 1 amide bonds. The van der Waals surface area contributed by atoms with Gasteiger partial charge in [0.2, 0.25) is 0 Å². The van der Waals surface area contributed by atoms with Crippen molar-refractivity contribution in [3.63, 3.8) is 0 Å². The van der Waals surface area contributed by atoms with Gasteiger partial charge in [-0.25, -0.2) is 4.98 Å². The molecule has 2 heterocycles. The van der Waals surface area contributed by atoms with Crippen LogP contribution in [0.15, 0.2) is 18.5 Å². The molecule has 0 spiro atoms. The van der Waals surface area contributed by atoms with Crippen LogP contribution >= 0.6 is 0 Å². The largest absolute Gasteiger partial charge is 0.338 e. The van der Waals surface area contributed by atoms with E-state index in [0.29, 0.717) is 6.54 Å². The predicted octanol–water partition coefficient (Wildman–Crippen LogP) is 2.36. The fourth-order valence-corrected chi connectivity index (χ4v) is 3.26. The van der Waals surface area contributed by atoms with Crippen LogP contribution in [-0.4, -0.2) is 39.1 Å². The Kier molecular flexibility index (Phi) is 3.49. The molecule has 1 aliphatic rings. The second kappa shape index (κ2) is 5.31. The quantitative estimate of drug-likeness (QED) is 0.921. The van der Waals surface area contributed by atoms with Gasteiger partial charge < -0.3 is 4.90 Å². The number of benzene rings is 1. The molecule has 21 heavy (non-hydrogen) atoms. The van der Waals surface area contributed by atoms with Crippen molar-refractivity contribution in [3.05, 3.63) is 46.5 Å². The molecule has 5 heteroatoms. The molecular weight excluding hydrogens is 264 g/mol. The first-order valence-corrected chi connectivity index (χ1v) is 7.28. The number of carbonyl (C=O) groups is 1. The molecule has 0 saturated carbocycles. The number of aromatic amines is 1. The average molecular weight is 284 g/mol. The first kappa shape index (κ1) is 13.8. The van der Waals surface area contributed by atoms with E-state index in [1.807, 2.05) is 18.7 Å². The SMILES string of the molecule is Cc1cc(C)c(C(=O)N2CCC(c3ncn[nH]3)C2)c(C)c1. The molecule has 5 nitrogen and oxygen atoms in total. The van der Waals surface area contributed by atoms with E-state index < -0.39 is 0 Å². The molecule has 0 radical (unpaired) electrons. The summed E-state index contributed by atoms with van der Waals surface area (Å²) in [4.78, 5) is 18.9. The minimum Gasteiger partial charge on any atom is -0.338 e. The topological polar surface area (TPSA) is 61.9 Å². The van der Waals surface area contributed by atoms with E-state index in [1.165, 1.54) is 11.9 Å². The predicted molar refractivity (Wildman–Crippen MR) is 80.3 cm³/mol. The van der Waals surface area contributed by atoms with Crippen LogP contribution in [0.3, 0.4) is 0 Å². The van der Waals surface area contributed by atoms with E-state index >= 15 is 0 Å². The van der Waals surface area contributed by atoms with Crippen molar-refractivity contribution in [3.8, 4) is 0 Å². The highest BCUT2D eigenvalue weighted by molar-refractivity contribution is 5.97. The minimum atomic E-state index is 0.131. The Morgan fingerprint density at radius 2 is 2.00 bits per heavy atom. The molecule has 1 unspecified atom stereocenters. The molecular formula is C16H20N4O. The van der Waals surface area contributed by atoms with Gasteiger partial charge in [0.25, 0.3) is 5.91 Å². The van der Waals surface area contributed by atoms with Gasteiger partial charge in [0, 0.05) is 24.6 Å². The first-order valence-electron chi connectivity index (χ1n) is 7.28. The van der Waals surface area contributed by atoms with Crippen LogP contribution in [0.2, 0.25) is 0 Å². The lowest BCUT2D eigenvalue weighted by Crippen LogP contribution is -2.29. The Labute approximate surface area is 124 Å². The van der Waals surface area contributed by atoms with Gasteiger partial charge >= 0.3 is 0 Å². The number of likely N-dealkylation sites (tertiary alicyclic amines) is 1. The molecule has 3 rings (SSSR count). The summed E-state index contributed by atoms with van der Waals surface area (Å²) >= 11 is 0. The lowest BCUT2D eigenvalue weighted by atomic mass is 9.99. The summed E-state index contributed by atoms with van der Waals surface area (Å²) in [6.45, 7) is 7.57. The lowest BCUT2D eigenvalue weighted by Gasteiger charge is -2.19. The van der Waals surface area contributed by atoms with Crippen molar-refractivity contribution >= 4 is 5.91 Å². The Balaban J connectivity index is 1.81. The Morgan fingerprint density at radius 1 is 1.29 bits per heavy atom. The third kappa shape index (κ3) is 2.55. The summed E-state index contributed by atoms with van der Waals surface area (Å²) in [5.74, 6) is 1.28. The Morgan fingerprint density at radius 3 is 2.62 bits per heavy atom. The van der Waals surface area contributed by atoms with Gasteiger partial charge in [-0.05, 0) is 38.3 Å². The molecule has 0 bridgehead atoms. The van der Waals surface area contributed by atoms with Gasteiger partial charge in [-0.1, -0.05) is 17.7 Å². The van der Waals surface area contributed by atoms with Crippen molar-refractivity contribution in [1.82, 2.24) is 20.1 Å². The van der Waals surface area contributed by atoms with Crippen LogP contribution in [0, 0.1) is 20.8 Å². The summed E-state index contributed by atoms with van der Waals surface area (Å²) in [5, 5.41) is 6.80. The van der Waals surface area contributed by atoms with Crippen LogP contribution in [0.1, 0.15) is 45.2 Å². The van der Waals surface area contributed by atoms with Crippen LogP contribution in [0.4, 0.5) is 0 Å². The molecule has 110 valence electrons. The van der Waals surface area contributed by atoms with E-state index in [-0.39, 0.29) is 11.8 Å².